The summed E-state index contributed by atoms with van der Waals surface area (Å²) in [7, 11) is -10.0. The highest BCUT2D eigenvalue weighted by molar-refractivity contribution is 7.47. The molecule has 0 fully saturated rings. The smallest absolute Gasteiger partial charge is 0.462 e. The number of allylic oxidation sites excluding steroid dienone is 34. The fourth-order valence-corrected chi connectivity index (χ4v) is 11.3. The Hall–Kier alpha value is -6.36. The summed E-state index contributed by atoms with van der Waals surface area (Å²) in [6, 6.07) is 0. The van der Waals surface area contributed by atoms with Gasteiger partial charge in [-0.15, -0.1) is 0 Å². The molecule has 0 heterocycles. The number of esters is 4. The fourth-order valence-electron chi connectivity index (χ4n) is 9.77. The number of phosphoric acid groups is 2. The summed E-state index contributed by atoms with van der Waals surface area (Å²) in [6.45, 7) is 4.22. The van der Waals surface area contributed by atoms with Crippen LogP contribution in [0.2, 0.25) is 0 Å². The number of aliphatic hydroxyl groups is 1. The number of unbranched alkanes of at least 4 members (excludes halogenated alkanes) is 13. The standard InChI is InChI=1S/C89H140O17P2/c1-5-9-13-17-21-25-29-33-37-39-41-43-47-49-53-57-61-65-69-73-86(91)99-79-84(105-88(93)75-71-67-63-59-55-51-45-35-31-27-23-19-15-11-7-3)81-103-107(95,96)101-77-83(90)78-102-108(97,98)104-82-85(106-89(94)76-72-68-64-60-56-52-46-36-32-28-24-20-16-12-8-4)80-100-87(92)74-70-66-62-58-54-50-48-44-42-40-38-34-30-26-22-18-14-10-6-2/h9-16,21-28,33-38,41-46,49,53,56,60-61,65,83-85,90H,5-8,17-20,29-32,39-40,47-48,50-52,54-55,57-59,62-64,66-82H2,1-4H3,(H,95,96)(H,97,98)/b13-9-,14-10-,15-11-,16-12-,25-21-,26-22-,27-23-,28-24-,37-33-,38-34-,43-41-,44-42-,45-35-,46-36-,53-49-,60-56-,65-61-. The number of carbonyl (C=O) groups is 4. The van der Waals surface area contributed by atoms with Gasteiger partial charge in [-0.1, -0.05) is 279 Å². The van der Waals surface area contributed by atoms with Crippen LogP contribution in [0.5, 0.6) is 0 Å². The molecule has 608 valence electrons. The Morgan fingerprint density at radius 3 is 0.769 bits per heavy atom. The third-order valence-electron chi connectivity index (χ3n) is 15.7. The van der Waals surface area contributed by atoms with Crippen LogP contribution >= 0.6 is 15.6 Å². The summed E-state index contributed by atoms with van der Waals surface area (Å²) in [4.78, 5) is 73.1. The van der Waals surface area contributed by atoms with Crippen LogP contribution < -0.4 is 0 Å². The number of carbonyl (C=O) groups excluding carboxylic acids is 4. The lowest BCUT2D eigenvalue weighted by atomic mass is 10.1. The molecule has 3 N–H and O–H groups in total. The highest BCUT2D eigenvalue weighted by atomic mass is 31.2. The fraction of sp³-hybridized carbons (Fsp3) is 0.573. The predicted octanol–water partition coefficient (Wildman–Crippen LogP) is 23.9. The van der Waals surface area contributed by atoms with E-state index >= 15 is 0 Å². The molecule has 0 saturated heterocycles. The van der Waals surface area contributed by atoms with E-state index in [1.165, 1.54) is 0 Å². The molecule has 0 saturated carbocycles. The van der Waals surface area contributed by atoms with Crippen molar-refractivity contribution in [1.82, 2.24) is 0 Å². The van der Waals surface area contributed by atoms with Crippen molar-refractivity contribution in [2.75, 3.05) is 39.6 Å². The Morgan fingerprint density at radius 1 is 0.259 bits per heavy atom. The Kier molecular flexibility index (Phi) is 74.1. The van der Waals surface area contributed by atoms with E-state index in [0.29, 0.717) is 38.5 Å². The minimum Gasteiger partial charge on any atom is -0.462 e. The summed E-state index contributed by atoms with van der Waals surface area (Å²) in [5.41, 5.74) is 0. The Labute approximate surface area is 652 Å². The van der Waals surface area contributed by atoms with E-state index in [1.807, 2.05) is 18.2 Å². The third-order valence-corrected chi connectivity index (χ3v) is 17.6. The number of phosphoric ester groups is 2. The average Bonchev–Trinajstić information content (AvgIpc) is 0.923. The zero-order valence-corrected chi connectivity index (χ0v) is 68.2. The van der Waals surface area contributed by atoms with Crippen molar-refractivity contribution in [3.8, 4) is 0 Å². The van der Waals surface area contributed by atoms with Gasteiger partial charge in [-0.05, 0) is 173 Å². The van der Waals surface area contributed by atoms with E-state index in [2.05, 4.69) is 216 Å². The van der Waals surface area contributed by atoms with E-state index in [9.17, 15) is 43.2 Å². The number of rotatable bonds is 73. The maximum atomic E-state index is 13.1. The Bertz CT molecular complexity index is 2860. The van der Waals surface area contributed by atoms with Gasteiger partial charge in [-0.25, -0.2) is 9.13 Å². The first-order valence-corrected chi connectivity index (χ1v) is 43.3. The lowest BCUT2D eigenvalue weighted by molar-refractivity contribution is -0.161. The van der Waals surface area contributed by atoms with E-state index in [0.717, 1.165) is 180 Å². The first-order valence-electron chi connectivity index (χ1n) is 40.3. The average molecular weight is 1540 g/mol. The Balaban J connectivity index is 5.51. The molecule has 0 aliphatic carbocycles. The lowest BCUT2D eigenvalue weighted by Crippen LogP contribution is -2.30. The molecule has 0 radical (unpaired) electrons. The summed E-state index contributed by atoms with van der Waals surface area (Å²) in [5.74, 6) is -2.38. The molecule has 0 amide bonds. The van der Waals surface area contributed by atoms with Crippen molar-refractivity contribution in [1.29, 1.82) is 0 Å². The van der Waals surface area contributed by atoms with Gasteiger partial charge in [0.25, 0.3) is 0 Å². The monoisotopic (exact) mass is 1540 g/mol. The second kappa shape index (κ2) is 78.8. The highest BCUT2D eigenvalue weighted by Gasteiger charge is 2.30. The topological polar surface area (TPSA) is 237 Å². The molecule has 5 unspecified atom stereocenters. The molecule has 0 aromatic rings. The zero-order valence-electron chi connectivity index (χ0n) is 66.4. The van der Waals surface area contributed by atoms with Crippen LogP contribution in [-0.2, 0) is 65.4 Å². The van der Waals surface area contributed by atoms with Gasteiger partial charge in [-0.2, -0.15) is 0 Å². The largest absolute Gasteiger partial charge is 0.472 e. The normalized spacial score (nSPS) is 14.9. The molecular formula is C89H140O17P2. The van der Waals surface area contributed by atoms with Crippen LogP contribution in [0.25, 0.3) is 0 Å². The molecule has 5 atom stereocenters. The van der Waals surface area contributed by atoms with Crippen molar-refractivity contribution in [3.05, 3.63) is 207 Å². The van der Waals surface area contributed by atoms with Crippen molar-refractivity contribution < 1.29 is 80.2 Å². The van der Waals surface area contributed by atoms with Gasteiger partial charge in [0.15, 0.2) is 12.2 Å². The molecule has 0 aromatic heterocycles. The van der Waals surface area contributed by atoms with Gasteiger partial charge in [-0.3, -0.25) is 37.3 Å². The number of ether oxygens (including phenoxy) is 4. The van der Waals surface area contributed by atoms with Crippen LogP contribution in [0.3, 0.4) is 0 Å². The maximum Gasteiger partial charge on any atom is 0.472 e. The number of hydrogen-bond acceptors (Lipinski definition) is 15. The van der Waals surface area contributed by atoms with Gasteiger partial charge in [0.2, 0.25) is 0 Å². The molecule has 108 heavy (non-hydrogen) atoms. The summed E-state index contributed by atoms with van der Waals surface area (Å²) in [5, 5.41) is 10.7. The van der Waals surface area contributed by atoms with Crippen molar-refractivity contribution in [2.45, 2.75) is 290 Å². The van der Waals surface area contributed by atoms with Crippen LogP contribution in [0.15, 0.2) is 207 Å². The SMILES string of the molecule is CC/C=C\C/C=C\C/C=C\C/C=C\C/C=C\C/C=C\CCC(=O)OCC(COP(=O)(O)OCC(O)COP(=O)(O)OCC(COC(=O)CCCCCCCC/C=C\C/C=C\C/C=C\C/C=C\CC)OC(=O)CCCC/C=C\C/C=C\C/C=C\C/C=C\CC)OC(=O)CCCCCCC/C=C\C/C=C\C/C=C\CC. The first-order chi connectivity index (χ1) is 52.7. The predicted molar refractivity (Wildman–Crippen MR) is 445 cm³/mol. The van der Waals surface area contributed by atoms with Crippen LogP contribution in [-0.4, -0.2) is 96.7 Å². The number of hydrogen-bond donors (Lipinski definition) is 3. The lowest BCUT2D eigenvalue weighted by Gasteiger charge is -2.21. The van der Waals surface area contributed by atoms with Crippen LogP contribution in [0, 0.1) is 0 Å². The highest BCUT2D eigenvalue weighted by Crippen LogP contribution is 2.45. The third kappa shape index (κ3) is 77.8. The first kappa shape index (κ1) is 102. The van der Waals surface area contributed by atoms with Gasteiger partial charge >= 0.3 is 39.5 Å². The molecule has 19 heteroatoms. The van der Waals surface area contributed by atoms with E-state index < -0.39 is 97.5 Å². The summed E-state index contributed by atoms with van der Waals surface area (Å²) < 4.78 is 68.5. The minimum atomic E-state index is -5.02. The van der Waals surface area contributed by atoms with E-state index in [1.54, 1.807) is 0 Å². The second-order valence-corrected chi connectivity index (χ2v) is 28.7. The second-order valence-electron chi connectivity index (χ2n) is 25.8. The van der Waals surface area contributed by atoms with Crippen LogP contribution in [0.1, 0.15) is 272 Å². The van der Waals surface area contributed by atoms with Crippen LogP contribution in [0.4, 0.5) is 0 Å². The van der Waals surface area contributed by atoms with Gasteiger partial charge in [0.05, 0.1) is 26.4 Å². The molecule has 0 aliphatic heterocycles. The molecule has 0 spiro atoms. The summed E-state index contributed by atoms with van der Waals surface area (Å²) >= 11 is 0. The molecular weight excluding hydrogens is 1400 g/mol. The Morgan fingerprint density at radius 2 is 0.472 bits per heavy atom. The summed E-state index contributed by atoms with van der Waals surface area (Å²) in [6.07, 6.45) is 98.2. The minimum absolute atomic E-state index is 0.0228. The molecule has 0 aromatic carbocycles. The van der Waals surface area contributed by atoms with E-state index in [-0.39, 0.29) is 25.7 Å². The molecule has 0 rings (SSSR count). The van der Waals surface area contributed by atoms with Crippen molar-refractivity contribution in [2.24, 2.45) is 0 Å². The zero-order chi connectivity index (χ0) is 78.9. The van der Waals surface area contributed by atoms with Gasteiger partial charge in [0.1, 0.15) is 19.3 Å². The maximum absolute atomic E-state index is 13.1. The van der Waals surface area contributed by atoms with E-state index in [4.69, 9.17) is 37.0 Å². The van der Waals surface area contributed by atoms with Crippen molar-refractivity contribution >= 4 is 39.5 Å². The molecule has 0 aliphatic rings. The molecule has 17 nitrogen and oxygen atoms in total. The van der Waals surface area contributed by atoms with Crippen molar-refractivity contribution in [3.63, 3.8) is 0 Å². The van der Waals surface area contributed by atoms with Gasteiger partial charge < -0.3 is 33.8 Å². The van der Waals surface area contributed by atoms with Gasteiger partial charge in [0, 0.05) is 25.7 Å². The molecule has 0 bridgehead atoms. The number of aliphatic hydroxyl groups excluding tert-OH is 1. The quantitative estimate of drug-likeness (QED) is 0.0169.